The average molecular weight is 309 g/mol. The Kier molecular flexibility index (Phi) is 4.65. The number of fused-ring (bicyclic) bond motifs is 1. The Morgan fingerprint density at radius 3 is 2.71 bits per heavy atom. The van der Waals surface area contributed by atoms with E-state index in [1.54, 1.807) is 18.4 Å². The minimum atomic E-state index is -0.828. The smallest absolute Gasteiger partial charge is 0.225 e. The van der Waals surface area contributed by atoms with Crippen molar-refractivity contribution in [2.45, 2.75) is 19.4 Å². The molecule has 0 aliphatic heterocycles. The summed E-state index contributed by atoms with van der Waals surface area (Å²) in [4.78, 5) is 13.0. The summed E-state index contributed by atoms with van der Waals surface area (Å²) in [6, 6.07) is 2.07. The molecule has 2 aromatic rings. The highest BCUT2D eigenvalue weighted by Gasteiger charge is 2.22. The Labute approximate surface area is 129 Å². The number of rotatable bonds is 6. The lowest BCUT2D eigenvalue weighted by Crippen LogP contribution is -2.43. The lowest BCUT2D eigenvalue weighted by Gasteiger charge is -2.27. The Bertz CT molecular complexity index is 623. The van der Waals surface area contributed by atoms with Crippen LogP contribution in [0.1, 0.15) is 11.8 Å². The first kappa shape index (κ1) is 15.9. The summed E-state index contributed by atoms with van der Waals surface area (Å²) < 4.78 is 0. The van der Waals surface area contributed by atoms with Crippen molar-refractivity contribution in [2.24, 2.45) is 0 Å². The van der Waals surface area contributed by atoms with Crippen molar-refractivity contribution in [1.29, 1.82) is 0 Å². The van der Waals surface area contributed by atoms with E-state index in [4.69, 9.17) is 0 Å². The number of aliphatic hydroxyl groups is 1. The Morgan fingerprint density at radius 2 is 2.10 bits per heavy atom. The Morgan fingerprint density at radius 1 is 1.38 bits per heavy atom. The molecule has 21 heavy (non-hydrogen) atoms. The van der Waals surface area contributed by atoms with Gasteiger partial charge in [0, 0.05) is 25.0 Å². The van der Waals surface area contributed by atoms with Crippen LogP contribution in [0.15, 0.2) is 6.07 Å². The molecule has 0 aliphatic rings. The van der Waals surface area contributed by atoms with Gasteiger partial charge >= 0.3 is 0 Å². The highest BCUT2D eigenvalue weighted by Crippen LogP contribution is 2.29. The van der Waals surface area contributed by atoms with Crippen molar-refractivity contribution in [1.82, 2.24) is 14.9 Å². The molecular weight excluding hydrogens is 286 g/mol. The van der Waals surface area contributed by atoms with Crippen molar-refractivity contribution < 1.29 is 5.11 Å². The van der Waals surface area contributed by atoms with E-state index in [0.717, 1.165) is 16.0 Å². The zero-order valence-corrected chi connectivity index (χ0v) is 14.0. The van der Waals surface area contributed by atoms with E-state index < -0.39 is 5.60 Å². The fourth-order valence-electron chi connectivity index (χ4n) is 2.30. The van der Waals surface area contributed by atoms with Gasteiger partial charge in [-0.05, 0) is 34.0 Å². The summed E-state index contributed by atoms with van der Waals surface area (Å²) in [5, 5.41) is 17.6. The first-order chi connectivity index (χ1) is 9.80. The first-order valence-corrected chi connectivity index (χ1v) is 7.69. The highest BCUT2D eigenvalue weighted by atomic mass is 32.1. The largest absolute Gasteiger partial charge is 0.387 e. The molecule has 3 N–H and O–H groups in total. The molecule has 0 radical (unpaired) electrons. The molecule has 1 atom stereocenters. The molecule has 0 aromatic carbocycles. The van der Waals surface area contributed by atoms with Gasteiger partial charge in [-0.25, -0.2) is 4.98 Å². The third-order valence-electron chi connectivity index (χ3n) is 3.03. The summed E-state index contributed by atoms with van der Waals surface area (Å²) in [6.45, 7) is 4.87. The van der Waals surface area contributed by atoms with Gasteiger partial charge in [-0.15, -0.1) is 11.3 Å². The van der Waals surface area contributed by atoms with Gasteiger partial charge < -0.3 is 20.6 Å². The third kappa shape index (κ3) is 4.03. The van der Waals surface area contributed by atoms with Crippen LogP contribution in [0.4, 0.5) is 11.8 Å². The molecule has 116 valence electrons. The quantitative estimate of drug-likeness (QED) is 0.755. The van der Waals surface area contributed by atoms with E-state index in [1.807, 2.05) is 25.9 Å². The van der Waals surface area contributed by atoms with Crippen molar-refractivity contribution >= 4 is 33.3 Å². The Hall–Kier alpha value is -1.44. The summed E-state index contributed by atoms with van der Waals surface area (Å²) >= 11 is 1.64. The standard InChI is InChI=1S/C14H23N5OS/c1-9-6-10-11(16-7-14(2,20)8-19(4)5)17-13(15-3)18-12(10)21-9/h6,20H,7-8H2,1-5H3,(H2,15,16,17,18). The maximum absolute atomic E-state index is 10.4. The highest BCUT2D eigenvalue weighted by molar-refractivity contribution is 7.18. The number of nitrogens with one attached hydrogen (secondary N) is 2. The second-order valence-corrected chi connectivity index (χ2v) is 7.04. The van der Waals surface area contributed by atoms with E-state index in [-0.39, 0.29) is 0 Å². The molecule has 2 heterocycles. The molecule has 0 saturated heterocycles. The number of likely N-dealkylation sites (N-methyl/N-ethyl adjacent to an activating group) is 1. The maximum Gasteiger partial charge on any atom is 0.225 e. The van der Waals surface area contributed by atoms with E-state index in [1.165, 1.54) is 4.88 Å². The molecule has 6 nitrogen and oxygen atoms in total. The van der Waals surface area contributed by atoms with Crippen LogP contribution in [0.25, 0.3) is 10.2 Å². The van der Waals surface area contributed by atoms with Gasteiger partial charge in [-0.2, -0.15) is 4.98 Å². The molecule has 0 fully saturated rings. The lowest BCUT2D eigenvalue weighted by atomic mass is 10.1. The Balaban J connectivity index is 2.24. The predicted molar refractivity (Wildman–Crippen MR) is 89.4 cm³/mol. The third-order valence-corrected chi connectivity index (χ3v) is 3.98. The number of hydrogen-bond donors (Lipinski definition) is 3. The van der Waals surface area contributed by atoms with Gasteiger partial charge in [-0.1, -0.05) is 0 Å². The van der Waals surface area contributed by atoms with Crippen molar-refractivity contribution in [3.8, 4) is 0 Å². The molecule has 0 spiro atoms. The zero-order chi connectivity index (χ0) is 15.6. The molecule has 0 saturated carbocycles. The van der Waals surface area contributed by atoms with Gasteiger partial charge in [0.25, 0.3) is 0 Å². The van der Waals surface area contributed by atoms with Gasteiger partial charge in [0.2, 0.25) is 5.95 Å². The molecule has 2 aromatic heterocycles. The average Bonchev–Trinajstić information content (AvgIpc) is 2.74. The predicted octanol–water partition coefficient (Wildman–Crippen LogP) is 1.77. The number of thiophene rings is 1. The molecular formula is C14H23N5OS. The van der Waals surface area contributed by atoms with Crippen LogP contribution >= 0.6 is 11.3 Å². The van der Waals surface area contributed by atoms with E-state index in [9.17, 15) is 5.11 Å². The van der Waals surface area contributed by atoms with Gasteiger partial charge in [-0.3, -0.25) is 0 Å². The van der Waals surface area contributed by atoms with Crippen LogP contribution in [0, 0.1) is 6.92 Å². The lowest BCUT2D eigenvalue weighted by molar-refractivity contribution is 0.0459. The van der Waals surface area contributed by atoms with Crippen LogP contribution < -0.4 is 10.6 Å². The van der Waals surface area contributed by atoms with E-state index in [2.05, 4.69) is 33.6 Å². The second-order valence-electron chi connectivity index (χ2n) is 5.81. The van der Waals surface area contributed by atoms with Crippen LogP contribution in [-0.4, -0.2) is 59.8 Å². The fourth-order valence-corrected chi connectivity index (χ4v) is 3.18. The topological polar surface area (TPSA) is 73.3 Å². The SMILES string of the molecule is CNc1nc(NCC(C)(O)CN(C)C)c2cc(C)sc2n1. The summed E-state index contributed by atoms with van der Waals surface area (Å²) in [5.74, 6) is 1.34. The molecule has 0 bridgehead atoms. The van der Waals surface area contributed by atoms with Crippen LogP contribution in [0.2, 0.25) is 0 Å². The summed E-state index contributed by atoms with van der Waals surface area (Å²) in [6.07, 6.45) is 0. The number of aryl methyl sites for hydroxylation is 1. The molecule has 0 amide bonds. The monoisotopic (exact) mass is 309 g/mol. The van der Waals surface area contributed by atoms with Crippen molar-refractivity contribution in [3.05, 3.63) is 10.9 Å². The first-order valence-electron chi connectivity index (χ1n) is 6.87. The normalized spacial score (nSPS) is 14.4. The second kappa shape index (κ2) is 6.13. The summed E-state index contributed by atoms with van der Waals surface area (Å²) in [5.41, 5.74) is -0.828. The number of aromatic nitrogens is 2. The minimum absolute atomic E-state index is 0.426. The van der Waals surface area contributed by atoms with Crippen molar-refractivity contribution in [2.75, 3.05) is 44.9 Å². The van der Waals surface area contributed by atoms with Crippen LogP contribution in [0.3, 0.4) is 0 Å². The maximum atomic E-state index is 10.4. The number of hydrogen-bond acceptors (Lipinski definition) is 7. The molecule has 0 aliphatic carbocycles. The van der Waals surface area contributed by atoms with E-state index >= 15 is 0 Å². The van der Waals surface area contributed by atoms with Crippen LogP contribution in [0.5, 0.6) is 0 Å². The summed E-state index contributed by atoms with van der Waals surface area (Å²) in [7, 11) is 5.69. The minimum Gasteiger partial charge on any atom is -0.387 e. The van der Waals surface area contributed by atoms with Crippen LogP contribution in [-0.2, 0) is 0 Å². The van der Waals surface area contributed by atoms with Gasteiger partial charge in [0.15, 0.2) is 0 Å². The fraction of sp³-hybridized carbons (Fsp3) is 0.571. The number of anilines is 2. The molecule has 1 unspecified atom stereocenters. The van der Waals surface area contributed by atoms with Gasteiger partial charge in [0.05, 0.1) is 11.0 Å². The molecule has 2 rings (SSSR count). The zero-order valence-electron chi connectivity index (χ0n) is 13.2. The van der Waals surface area contributed by atoms with Crippen molar-refractivity contribution in [3.63, 3.8) is 0 Å². The molecule has 7 heteroatoms. The van der Waals surface area contributed by atoms with E-state index in [0.29, 0.717) is 19.0 Å². The van der Waals surface area contributed by atoms with Gasteiger partial charge in [0.1, 0.15) is 10.6 Å². The number of nitrogens with zero attached hydrogens (tertiary/aromatic N) is 3.